The molecule has 2 aromatic heterocycles. The van der Waals surface area contributed by atoms with Crippen LogP contribution in [0.1, 0.15) is 16.1 Å². The lowest BCUT2D eigenvalue weighted by Gasteiger charge is -2.06. The molecule has 0 fully saturated rings. The second kappa shape index (κ2) is 6.70. The van der Waals surface area contributed by atoms with Gasteiger partial charge in [-0.3, -0.25) is 4.79 Å². The van der Waals surface area contributed by atoms with Crippen molar-refractivity contribution >= 4 is 17.2 Å². The lowest BCUT2D eigenvalue weighted by atomic mass is 10.2. The number of carbonyl (C=O) groups is 1. The average molecular weight is 333 g/mol. The van der Waals surface area contributed by atoms with Crippen LogP contribution in [0.5, 0.6) is 0 Å². The first kappa shape index (κ1) is 15.4. The Bertz CT molecular complexity index is 815. The van der Waals surface area contributed by atoms with E-state index in [1.54, 1.807) is 17.7 Å². The van der Waals surface area contributed by atoms with E-state index in [2.05, 4.69) is 15.3 Å². The van der Waals surface area contributed by atoms with Crippen molar-refractivity contribution in [1.29, 1.82) is 0 Å². The summed E-state index contributed by atoms with van der Waals surface area (Å²) < 4.78 is 26.4. The molecule has 0 radical (unpaired) electrons. The molecule has 7 heteroatoms. The Hall–Kier alpha value is -2.54. The minimum atomic E-state index is -0.872. The smallest absolute Gasteiger partial charge is 0.254 e. The number of H-pyrrole nitrogens is 1. The van der Waals surface area contributed by atoms with Crippen LogP contribution in [0.2, 0.25) is 0 Å². The normalized spacial score (nSPS) is 10.7. The predicted molar refractivity (Wildman–Crippen MR) is 84.3 cm³/mol. The number of nitrogens with one attached hydrogen (secondary N) is 2. The molecule has 2 heterocycles. The van der Waals surface area contributed by atoms with Gasteiger partial charge in [0, 0.05) is 24.7 Å². The first-order valence-electron chi connectivity index (χ1n) is 6.94. The summed E-state index contributed by atoms with van der Waals surface area (Å²) >= 11 is 1.58. The highest BCUT2D eigenvalue weighted by Crippen LogP contribution is 2.25. The van der Waals surface area contributed by atoms with Crippen molar-refractivity contribution < 1.29 is 13.6 Å². The van der Waals surface area contributed by atoms with E-state index in [4.69, 9.17) is 0 Å². The van der Waals surface area contributed by atoms with Gasteiger partial charge in [0.25, 0.3) is 5.91 Å². The predicted octanol–water partition coefficient (Wildman–Crippen LogP) is 3.39. The highest BCUT2D eigenvalue weighted by Gasteiger charge is 2.13. The third-order valence-corrected chi connectivity index (χ3v) is 4.19. The molecule has 0 aliphatic rings. The molecular weight excluding hydrogens is 320 g/mol. The van der Waals surface area contributed by atoms with Crippen LogP contribution in [0, 0.1) is 11.6 Å². The molecule has 0 atom stereocenters. The highest BCUT2D eigenvalue weighted by molar-refractivity contribution is 7.13. The van der Waals surface area contributed by atoms with Crippen LogP contribution in [0.4, 0.5) is 8.78 Å². The van der Waals surface area contributed by atoms with Crippen LogP contribution in [-0.4, -0.2) is 22.4 Å². The Morgan fingerprint density at radius 3 is 2.91 bits per heavy atom. The zero-order chi connectivity index (χ0) is 16.2. The molecule has 23 heavy (non-hydrogen) atoms. The lowest BCUT2D eigenvalue weighted by Crippen LogP contribution is -2.26. The Morgan fingerprint density at radius 2 is 2.17 bits per heavy atom. The quantitative estimate of drug-likeness (QED) is 0.752. The summed E-state index contributed by atoms with van der Waals surface area (Å²) in [4.78, 5) is 20.3. The zero-order valence-electron chi connectivity index (χ0n) is 12.0. The molecular formula is C16H13F2N3OS. The van der Waals surface area contributed by atoms with E-state index >= 15 is 0 Å². The number of halogens is 2. The molecule has 2 N–H and O–H groups in total. The highest BCUT2D eigenvalue weighted by atomic mass is 32.1. The molecule has 0 saturated carbocycles. The third-order valence-electron chi connectivity index (χ3n) is 3.31. The van der Waals surface area contributed by atoms with Gasteiger partial charge < -0.3 is 10.3 Å². The van der Waals surface area contributed by atoms with Gasteiger partial charge in [-0.05, 0) is 23.6 Å². The number of hydrogen-bond donors (Lipinski definition) is 2. The first-order valence-corrected chi connectivity index (χ1v) is 7.82. The molecule has 1 aromatic carbocycles. The summed E-state index contributed by atoms with van der Waals surface area (Å²) in [5.41, 5.74) is 1.57. The van der Waals surface area contributed by atoms with E-state index in [9.17, 15) is 13.6 Å². The average Bonchev–Trinajstić information content (AvgIpc) is 3.17. The SMILES string of the molecule is O=C(NCCc1[nH]cnc1-c1cccs1)c1ccc(F)cc1F. The maximum absolute atomic E-state index is 13.5. The number of amides is 1. The number of rotatable bonds is 5. The van der Waals surface area contributed by atoms with Gasteiger partial charge in [0.1, 0.15) is 17.3 Å². The number of aromatic amines is 1. The van der Waals surface area contributed by atoms with Gasteiger partial charge in [0.05, 0.1) is 16.8 Å². The molecule has 1 amide bonds. The van der Waals surface area contributed by atoms with Gasteiger partial charge in [-0.15, -0.1) is 11.3 Å². The second-order valence-corrected chi connectivity index (χ2v) is 5.78. The van der Waals surface area contributed by atoms with E-state index in [-0.39, 0.29) is 5.56 Å². The molecule has 0 spiro atoms. The van der Waals surface area contributed by atoms with Crippen LogP contribution in [0.3, 0.4) is 0 Å². The van der Waals surface area contributed by atoms with Crippen LogP contribution in [0.15, 0.2) is 42.0 Å². The van der Waals surface area contributed by atoms with Crippen LogP contribution in [-0.2, 0) is 6.42 Å². The summed E-state index contributed by atoms with van der Waals surface area (Å²) in [7, 11) is 0. The molecule has 4 nitrogen and oxygen atoms in total. The van der Waals surface area contributed by atoms with Crippen LogP contribution in [0.25, 0.3) is 10.6 Å². The number of thiophene rings is 1. The maximum Gasteiger partial charge on any atom is 0.254 e. The van der Waals surface area contributed by atoms with Crippen molar-refractivity contribution in [2.45, 2.75) is 6.42 Å². The third kappa shape index (κ3) is 3.45. The Morgan fingerprint density at radius 1 is 1.30 bits per heavy atom. The maximum atomic E-state index is 13.5. The van der Waals surface area contributed by atoms with Crippen molar-refractivity contribution in [3.8, 4) is 10.6 Å². The summed E-state index contributed by atoms with van der Waals surface area (Å²) in [6.45, 7) is 0.316. The lowest BCUT2D eigenvalue weighted by molar-refractivity contribution is 0.0950. The van der Waals surface area contributed by atoms with E-state index in [1.165, 1.54) is 0 Å². The van der Waals surface area contributed by atoms with Gasteiger partial charge in [-0.2, -0.15) is 0 Å². The summed E-state index contributed by atoms with van der Waals surface area (Å²) in [5, 5.41) is 4.59. The molecule has 0 bridgehead atoms. The monoisotopic (exact) mass is 333 g/mol. The van der Waals surface area contributed by atoms with Crippen molar-refractivity contribution in [3.05, 3.63) is 64.9 Å². The van der Waals surface area contributed by atoms with Crippen molar-refractivity contribution in [2.24, 2.45) is 0 Å². The number of carbonyl (C=O) groups excluding carboxylic acids is 1. The molecule has 0 saturated heterocycles. The van der Waals surface area contributed by atoms with E-state index in [0.717, 1.165) is 28.4 Å². The van der Waals surface area contributed by atoms with Gasteiger partial charge in [-0.25, -0.2) is 13.8 Å². The standard InChI is InChI=1S/C16H13F2N3OS/c17-10-3-4-11(12(18)8-10)16(22)19-6-5-13-15(21-9-20-13)14-2-1-7-23-14/h1-4,7-9H,5-6H2,(H,19,22)(H,20,21). The van der Waals surface area contributed by atoms with Gasteiger partial charge >= 0.3 is 0 Å². The molecule has 118 valence electrons. The van der Waals surface area contributed by atoms with Crippen molar-refractivity contribution in [2.75, 3.05) is 6.54 Å². The van der Waals surface area contributed by atoms with Gasteiger partial charge in [-0.1, -0.05) is 6.07 Å². The summed E-state index contributed by atoms with van der Waals surface area (Å²) in [6.07, 6.45) is 2.13. The minimum absolute atomic E-state index is 0.172. The first-order chi connectivity index (χ1) is 11.1. The van der Waals surface area contributed by atoms with Crippen molar-refractivity contribution in [1.82, 2.24) is 15.3 Å². The Labute approximate surface area is 135 Å². The number of aromatic nitrogens is 2. The Balaban J connectivity index is 1.62. The molecule has 0 unspecified atom stereocenters. The number of benzene rings is 1. The van der Waals surface area contributed by atoms with Crippen molar-refractivity contribution in [3.63, 3.8) is 0 Å². The fraction of sp³-hybridized carbons (Fsp3) is 0.125. The number of hydrogen-bond acceptors (Lipinski definition) is 3. The number of imidazole rings is 1. The zero-order valence-corrected chi connectivity index (χ0v) is 12.8. The van der Waals surface area contributed by atoms with E-state index in [1.807, 2.05) is 17.5 Å². The second-order valence-electron chi connectivity index (χ2n) is 4.84. The fourth-order valence-corrected chi connectivity index (χ4v) is 2.96. The fourth-order valence-electron chi connectivity index (χ4n) is 2.21. The molecule has 0 aliphatic heterocycles. The topological polar surface area (TPSA) is 57.8 Å². The van der Waals surface area contributed by atoms with E-state index in [0.29, 0.717) is 19.0 Å². The molecule has 3 aromatic rings. The van der Waals surface area contributed by atoms with Crippen LogP contribution < -0.4 is 5.32 Å². The van der Waals surface area contributed by atoms with E-state index < -0.39 is 17.5 Å². The summed E-state index contributed by atoms with van der Waals surface area (Å²) in [6, 6.07) is 6.79. The number of nitrogens with zero attached hydrogens (tertiary/aromatic N) is 1. The van der Waals surface area contributed by atoms with Crippen LogP contribution >= 0.6 is 11.3 Å². The molecule has 3 rings (SSSR count). The largest absolute Gasteiger partial charge is 0.352 e. The van der Waals surface area contributed by atoms with Gasteiger partial charge in [0.2, 0.25) is 0 Å². The Kier molecular flexibility index (Phi) is 4.47. The van der Waals surface area contributed by atoms with Gasteiger partial charge in [0.15, 0.2) is 0 Å². The summed E-state index contributed by atoms with van der Waals surface area (Å²) in [5.74, 6) is -2.15. The minimum Gasteiger partial charge on any atom is -0.352 e. The molecule has 0 aliphatic carbocycles.